The van der Waals surface area contributed by atoms with Crippen LogP contribution in [0.2, 0.25) is 0 Å². The van der Waals surface area contributed by atoms with Gasteiger partial charge < -0.3 is 29.5 Å². The van der Waals surface area contributed by atoms with Crippen molar-refractivity contribution < 1.29 is 23.9 Å². The lowest BCUT2D eigenvalue weighted by molar-refractivity contribution is -0.129. The molecule has 0 unspecified atom stereocenters. The third-order valence-electron chi connectivity index (χ3n) is 6.69. The molecule has 3 heterocycles. The second-order valence-corrected chi connectivity index (χ2v) is 11.2. The summed E-state index contributed by atoms with van der Waals surface area (Å²) in [5.41, 5.74) is 3.44. The highest BCUT2D eigenvalue weighted by molar-refractivity contribution is 5.90. The van der Waals surface area contributed by atoms with E-state index in [4.69, 9.17) is 9.47 Å². The Balaban J connectivity index is 1.31. The number of ether oxygens (including phenoxy) is 2. The van der Waals surface area contributed by atoms with Crippen LogP contribution in [-0.2, 0) is 20.8 Å². The fraction of sp³-hybridized carbons (Fsp3) is 0.419. The molecule has 2 aromatic heterocycles. The largest absolute Gasteiger partial charge is 0.462 e. The second-order valence-electron chi connectivity index (χ2n) is 11.2. The number of benzene rings is 1. The van der Waals surface area contributed by atoms with Gasteiger partial charge in [-0.3, -0.25) is 9.78 Å². The molecule has 0 aliphatic carbocycles. The summed E-state index contributed by atoms with van der Waals surface area (Å²) in [6.07, 6.45) is 6.26. The lowest BCUT2D eigenvalue weighted by Crippen LogP contribution is -2.47. The quantitative estimate of drug-likeness (QED) is 0.370. The average molecular weight is 590 g/mol. The van der Waals surface area contributed by atoms with Gasteiger partial charge in [-0.25, -0.2) is 19.6 Å². The maximum Gasteiger partial charge on any atom is 0.408 e. The van der Waals surface area contributed by atoms with Crippen LogP contribution in [0.4, 0.5) is 16.4 Å². The van der Waals surface area contributed by atoms with Crippen LogP contribution in [0.1, 0.15) is 43.6 Å². The summed E-state index contributed by atoms with van der Waals surface area (Å²) in [6.45, 7) is 10.6. The number of carbonyl (C=O) groups is 3. The van der Waals surface area contributed by atoms with Crippen molar-refractivity contribution in [1.29, 1.82) is 0 Å². The van der Waals surface area contributed by atoms with Crippen molar-refractivity contribution in [3.63, 3.8) is 0 Å². The summed E-state index contributed by atoms with van der Waals surface area (Å²) >= 11 is 0. The van der Waals surface area contributed by atoms with Gasteiger partial charge in [-0.2, -0.15) is 0 Å². The Bertz CT molecular complexity index is 1420. The first-order valence-electron chi connectivity index (χ1n) is 14.3. The number of nitrogens with one attached hydrogen (secondary N) is 1. The van der Waals surface area contributed by atoms with Gasteiger partial charge in [-0.05, 0) is 51.0 Å². The highest BCUT2D eigenvalue weighted by atomic mass is 16.6. The second kappa shape index (κ2) is 14.0. The van der Waals surface area contributed by atoms with E-state index in [-0.39, 0.29) is 18.4 Å². The molecule has 0 saturated carbocycles. The van der Waals surface area contributed by atoms with Crippen LogP contribution < -0.4 is 15.1 Å². The Hall–Kier alpha value is -4.74. The number of amides is 2. The van der Waals surface area contributed by atoms with Crippen molar-refractivity contribution in [2.75, 3.05) is 56.2 Å². The number of rotatable bonds is 9. The van der Waals surface area contributed by atoms with Crippen LogP contribution in [0.25, 0.3) is 11.1 Å². The molecule has 0 atom stereocenters. The number of hydrogen-bond donors (Lipinski definition) is 1. The van der Waals surface area contributed by atoms with Gasteiger partial charge in [0.15, 0.2) is 0 Å². The van der Waals surface area contributed by atoms with E-state index >= 15 is 0 Å². The Kier molecular flexibility index (Phi) is 10.1. The van der Waals surface area contributed by atoms with Gasteiger partial charge in [0.05, 0.1) is 24.1 Å². The van der Waals surface area contributed by atoms with E-state index in [0.29, 0.717) is 24.7 Å². The van der Waals surface area contributed by atoms with Gasteiger partial charge in [0.2, 0.25) is 11.9 Å². The number of pyridine rings is 1. The third-order valence-corrected chi connectivity index (χ3v) is 6.69. The predicted octanol–water partition coefficient (Wildman–Crippen LogP) is 3.53. The molecule has 0 spiro atoms. The molecule has 1 saturated heterocycles. The number of esters is 1. The molecular formula is C31H39N7O5. The van der Waals surface area contributed by atoms with Crippen LogP contribution in [0.5, 0.6) is 0 Å². The minimum atomic E-state index is -0.630. The number of nitrogens with zero attached hydrogens (tertiary/aromatic N) is 6. The first-order valence-corrected chi connectivity index (χ1v) is 14.3. The third kappa shape index (κ3) is 8.87. The smallest absolute Gasteiger partial charge is 0.408 e. The standard InChI is InChI=1S/C31H39N7O5/c1-6-42-28(40)24-15-26(19-32-16-24)37-10-12-38(13-11-37)29-33-17-25(18-34-29)23-9-7-8-22(14-23)21-36(5)27(39)20-35-30(41)43-31(2,3)4/h7-9,14-19H,6,10-13,20-21H2,1-5H3,(H,35,41). The molecule has 2 amide bonds. The summed E-state index contributed by atoms with van der Waals surface area (Å²) in [5.74, 6) is 0.0513. The number of carbonyl (C=O) groups excluding carboxylic acids is 3. The number of aromatic nitrogens is 3. The maximum atomic E-state index is 12.5. The molecule has 0 bridgehead atoms. The monoisotopic (exact) mass is 589 g/mol. The van der Waals surface area contributed by atoms with Crippen molar-refractivity contribution >= 4 is 29.6 Å². The summed E-state index contributed by atoms with van der Waals surface area (Å²) < 4.78 is 10.3. The molecule has 12 heteroatoms. The predicted molar refractivity (Wildman–Crippen MR) is 163 cm³/mol. The molecule has 228 valence electrons. The Morgan fingerprint density at radius 3 is 2.33 bits per heavy atom. The molecule has 1 fully saturated rings. The van der Waals surface area contributed by atoms with Gasteiger partial charge >= 0.3 is 12.1 Å². The van der Waals surface area contributed by atoms with E-state index in [1.807, 2.05) is 30.3 Å². The van der Waals surface area contributed by atoms with E-state index in [9.17, 15) is 14.4 Å². The van der Waals surface area contributed by atoms with Gasteiger partial charge in [-0.1, -0.05) is 18.2 Å². The zero-order valence-corrected chi connectivity index (χ0v) is 25.4. The van der Waals surface area contributed by atoms with E-state index in [1.54, 1.807) is 58.2 Å². The SMILES string of the molecule is CCOC(=O)c1cncc(N2CCN(c3ncc(-c4cccc(CN(C)C(=O)CNC(=O)OC(C)(C)C)c4)cn3)CC2)c1. The van der Waals surface area contributed by atoms with E-state index in [2.05, 4.69) is 30.1 Å². The van der Waals surface area contributed by atoms with E-state index in [1.165, 1.54) is 6.20 Å². The van der Waals surface area contributed by atoms with Crippen LogP contribution in [-0.4, -0.2) is 89.8 Å². The van der Waals surface area contributed by atoms with Crippen molar-refractivity contribution in [1.82, 2.24) is 25.2 Å². The molecule has 1 aromatic carbocycles. The summed E-state index contributed by atoms with van der Waals surface area (Å²) in [5, 5.41) is 2.50. The van der Waals surface area contributed by atoms with Gasteiger partial charge in [0.25, 0.3) is 0 Å². The summed E-state index contributed by atoms with van der Waals surface area (Å²) in [7, 11) is 1.69. The highest BCUT2D eigenvalue weighted by Gasteiger charge is 2.21. The normalized spacial score (nSPS) is 13.3. The minimum absolute atomic E-state index is 0.147. The molecule has 1 N–H and O–H groups in total. The van der Waals surface area contributed by atoms with Gasteiger partial charge in [0, 0.05) is 63.9 Å². The number of piperazine rings is 1. The average Bonchev–Trinajstić information content (AvgIpc) is 2.99. The highest BCUT2D eigenvalue weighted by Crippen LogP contribution is 2.23. The zero-order valence-electron chi connectivity index (χ0n) is 25.4. The molecular weight excluding hydrogens is 550 g/mol. The van der Waals surface area contributed by atoms with Gasteiger partial charge in [0.1, 0.15) is 12.1 Å². The Morgan fingerprint density at radius 1 is 0.953 bits per heavy atom. The Morgan fingerprint density at radius 2 is 1.65 bits per heavy atom. The first-order chi connectivity index (χ1) is 20.5. The molecule has 43 heavy (non-hydrogen) atoms. The summed E-state index contributed by atoms with van der Waals surface area (Å²) in [6, 6.07) is 9.67. The van der Waals surface area contributed by atoms with Crippen LogP contribution in [0.15, 0.2) is 55.1 Å². The lowest BCUT2D eigenvalue weighted by atomic mass is 10.1. The van der Waals surface area contributed by atoms with Crippen molar-refractivity contribution in [2.45, 2.75) is 39.8 Å². The fourth-order valence-electron chi connectivity index (χ4n) is 4.53. The number of hydrogen-bond acceptors (Lipinski definition) is 10. The first kappa shape index (κ1) is 31.2. The minimum Gasteiger partial charge on any atom is -0.462 e. The molecule has 1 aliphatic rings. The molecule has 1 aliphatic heterocycles. The van der Waals surface area contributed by atoms with Crippen molar-refractivity contribution in [3.8, 4) is 11.1 Å². The van der Waals surface area contributed by atoms with E-state index in [0.717, 1.165) is 48.6 Å². The summed E-state index contributed by atoms with van der Waals surface area (Å²) in [4.78, 5) is 55.8. The van der Waals surface area contributed by atoms with Crippen molar-refractivity contribution in [2.24, 2.45) is 0 Å². The van der Waals surface area contributed by atoms with Gasteiger partial charge in [-0.15, -0.1) is 0 Å². The molecule has 12 nitrogen and oxygen atoms in total. The van der Waals surface area contributed by atoms with Crippen LogP contribution in [0, 0.1) is 0 Å². The lowest BCUT2D eigenvalue weighted by Gasteiger charge is -2.36. The number of likely N-dealkylation sites (N-methyl/N-ethyl adjacent to an activating group) is 1. The van der Waals surface area contributed by atoms with Crippen LogP contribution >= 0.6 is 0 Å². The Labute approximate surface area is 252 Å². The van der Waals surface area contributed by atoms with Crippen LogP contribution in [0.3, 0.4) is 0 Å². The maximum absolute atomic E-state index is 12.5. The fourth-order valence-corrected chi connectivity index (χ4v) is 4.53. The van der Waals surface area contributed by atoms with E-state index < -0.39 is 11.7 Å². The number of anilines is 2. The molecule has 4 rings (SSSR count). The zero-order chi connectivity index (χ0) is 31.0. The number of alkyl carbamates (subject to hydrolysis) is 1. The molecule has 3 aromatic rings. The topological polar surface area (TPSA) is 130 Å². The van der Waals surface area contributed by atoms with Crippen molar-refractivity contribution in [3.05, 3.63) is 66.2 Å². The molecule has 0 radical (unpaired) electrons.